The number of hydrazine groups is 1. The van der Waals surface area contributed by atoms with Crippen molar-refractivity contribution in [2.75, 3.05) is 0 Å². The van der Waals surface area contributed by atoms with E-state index in [1.54, 1.807) is 11.3 Å². The molecule has 0 bridgehead atoms. The Hall–Kier alpha value is -1.27. The largest absolute Gasteiger partial charge is 0.271 e. The van der Waals surface area contributed by atoms with Crippen LogP contribution in [0.15, 0.2) is 53.1 Å². The smallest absolute Gasteiger partial charge is 0.0609 e. The first-order valence-corrected chi connectivity index (χ1v) is 7.92. The van der Waals surface area contributed by atoms with E-state index in [2.05, 4.69) is 56.7 Å². The van der Waals surface area contributed by atoms with E-state index in [4.69, 9.17) is 5.84 Å². The number of fused-ring (bicyclic) bond motifs is 1. The Bertz CT molecular complexity index is 675. The van der Waals surface area contributed by atoms with Crippen LogP contribution in [-0.2, 0) is 6.42 Å². The first-order chi connectivity index (χ1) is 9.76. The summed E-state index contributed by atoms with van der Waals surface area (Å²) in [4.78, 5) is 5.64. The van der Waals surface area contributed by atoms with Gasteiger partial charge in [0.05, 0.1) is 6.04 Å². The average molecular weight is 348 g/mol. The molecule has 0 saturated heterocycles. The topological polar surface area (TPSA) is 50.9 Å². The van der Waals surface area contributed by atoms with Gasteiger partial charge in [-0.25, -0.2) is 0 Å². The minimum absolute atomic E-state index is 0.0843. The van der Waals surface area contributed by atoms with Gasteiger partial charge in [0.25, 0.3) is 0 Å². The van der Waals surface area contributed by atoms with Gasteiger partial charge in [-0.3, -0.25) is 16.3 Å². The average Bonchev–Trinajstić information content (AvgIpc) is 2.90. The standard InChI is InChI=1S/C15H14BrN3S/c16-11-5-6-12(18-9-11)8-13(19-17)15-7-10-3-1-2-4-14(10)20-15/h1-7,9,13,19H,8,17H2. The number of aromatic nitrogens is 1. The molecule has 102 valence electrons. The third-order valence-electron chi connectivity index (χ3n) is 3.19. The molecule has 20 heavy (non-hydrogen) atoms. The zero-order chi connectivity index (χ0) is 13.9. The Balaban J connectivity index is 1.87. The van der Waals surface area contributed by atoms with Crippen molar-refractivity contribution >= 4 is 37.4 Å². The van der Waals surface area contributed by atoms with Crippen LogP contribution in [0.5, 0.6) is 0 Å². The van der Waals surface area contributed by atoms with Gasteiger partial charge in [0, 0.05) is 32.4 Å². The molecule has 5 heteroatoms. The van der Waals surface area contributed by atoms with E-state index in [1.807, 2.05) is 18.3 Å². The number of hydrogen-bond donors (Lipinski definition) is 2. The molecule has 0 aliphatic rings. The zero-order valence-corrected chi connectivity index (χ0v) is 13.1. The molecular formula is C15H14BrN3S. The molecule has 3 rings (SSSR count). The second kappa shape index (κ2) is 6.01. The second-order valence-electron chi connectivity index (χ2n) is 4.58. The number of hydrogen-bond acceptors (Lipinski definition) is 4. The van der Waals surface area contributed by atoms with Crippen molar-refractivity contribution in [2.45, 2.75) is 12.5 Å². The number of nitrogens with two attached hydrogens (primary N) is 1. The Kier molecular flexibility index (Phi) is 4.12. The van der Waals surface area contributed by atoms with Crippen molar-refractivity contribution < 1.29 is 0 Å². The summed E-state index contributed by atoms with van der Waals surface area (Å²) in [6, 6.07) is 14.7. The van der Waals surface area contributed by atoms with Crippen LogP contribution in [0.2, 0.25) is 0 Å². The van der Waals surface area contributed by atoms with Crippen LogP contribution in [0.4, 0.5) is 0 Å². The van der Waals surface area contributed by atoms with Crippen LogP contribution in [0.25, 0.3) is 10.1 Å². The molecule has 0 amide bonds. The van der Waals surface area contributed by atoms with E-state index in [0.717, 1.165) is 16.6 Å². The van der Waals surface area contributed by atoms with Gasteiger partial charge in [-0.1, -0.05) is 18.2 Å². The quantitative estimate of drug-likeness (QED) is 0.557. The van der Waals surface area contributed by atoms with E-state index in [0.29, 0.717) is 0 Å². The van der Waals surface area contributed by atoms with Crippen LogP contribution < -0.4 is 11.3 Å². The molecule has 1 unspecified atom stereocenters. The van der Waals surface area contributed by atoms with Gasteiger partial charge in [-0.2, -0.15) is 0 Å². The lowest BCUT2D eigenvalue weighted by Gasteiger charge is -2.13. The van der Waals surface area contributed by atoms with Crippen LogP contribution in [0.3, 0.4) is 0 Å². The predicted octanol–water partition coefficient (Wildman–Crippen LogP) is 3.81. The number of benzene rings is 1. The summed E-state index contributed by atoms with van der Waals surface area (Å²) in [7, 11) is 0. The van der Waals surface area contributed by atoms with Crippen LogP contribution in [0.1, 0.15) is 16.6 Å². The minimum Gasteiger partial charge on any atom is -0.271 e. The molecule has 0 aliphatic carbocycles. The fraction of sp³-hybridized carbons (Fsp3) is 0.133. The summed E-state index contributed by atoms with van der Waals surface area (Å²) >= 11 is 5.17. The van der Waals surface area contributed by atoms with Crippen LogP contribution in [0, 0.1) is 0 Å². The zero-order valence-electron chi connectivity index (χ0n) is 10.7. The normalized spacial score (nSPS) is 12.7. The lowest BCUT2D eigenvalue weighted by atomic mass is 10.1. The molecule has 1 aromatic carbocycles. The first-order valence-electron chi connectivity index (χ1n) is 6.31. The molecule has 3 aromatic rings. The summed E-state index contributed by atoms with van der Waals surface area (Å²) in [5.41, 5.74) is 3.92. The third kappa shape index (κ3) is 2.91. The number of thiophene rings is 1. The Labute approximate surface area is 129 Å². The first kappa shape index (κ1) is 13.7. The molecular weight excluding hydrogens is 334 g/mol. The van der Waals surface area contributed by atoms with E-state index in [-0.39, 0.29) is 6.04 Å². The SMILES string of the molecule is NNC(Cc1ccc(Br)cn1)c1cc2ccccc2s1. The van der Waals surface area contributed by atoms with Crippen molar-refractivity contribution in [3.63, 3.8) is 0 Å². The maximum atomic E-state index is 5.72. The highest BCUT2D eigenvalue weighted by atomic mass is 79.9. The monoisotopic (exact) mass is 347 g/mol. The van der Waals surface area contributed by atoms with Crippen LogP contribution >= 0.6 is 27.3 Å². The Morgan fingerprint density at radius 2 is 2.10 bits per heavy atom. The van der Waals surface area contributed by atoms with E-state index in [1.165, 1.54) is 15.0 Å². The van der Waals surface area contributed by atoms with Crippen molar-refractivity contribution in [3.8, 4) is 0 Å². The second-order valence-corrected chi connectivity index (χ2v) is 6.61. The van der Waals surface area contributed by atoms with Crippen molar-refractivity contribution in [1.82, 2.24) is 10.4 Å². The van der Waals surface area contributed by atoms with E-state index in [9.17, 15) is 0 Å². The highest BCUT2D eigenvalue weighted by Gasteiger charge is 2.14. The van der Waals surface area contributed by atoms with Gasteiger partial charge in [-0.05, 0) is 45.6 Å². The minimum atomic E-state index is 0.0843. The maximum Gasteiger partial charge on any atom is 0.0609 e. The predicted molar refractivity (Wildman–Crippen MR) is 87.5 cm³/mol. The Morgan fingerprint density at radius 1 is 1.25 bits per heavy atom. The molecule has 0 aliphatic heterocycles. The van der Waals surface area contributed by atoms with Gasteiger partial charge >= 0.3 is 0 Å². The molecule has 2 aromatic heterocycles. The summed E-state index contributed by atoms with van der Waals surface area (Å²) in [6.07, 6.45) is 2.59. The summed E-state index contributed by atoms with van der Waals surface area (Å²) in [6.45, 7) is 0. The lowest BCUT2D eigenvalue weighted by molar-refractivity contribution is 0.554. The molecule has 3 N–H and O–H groups in total. The van der Waals surface area contributed by atoms with Gasteiger partial charge < -0.3 is 0 Å². The Morgan fingerprint density at radius 3 is 2.80 bits per heavy atom. The van der Waals surface area contributed by atoms with E-state index < -0.39 is 0 Å². The summed E-state index contributed by atoms with van der Waals surface area (Å²) in [5.74, 6) is 5.72. The summed E-state index contributed by atoms with van der Waals surface area (Å²) < 4.78 is 2.27. The molecule has 0 saturated carbocycles. The fourth-order valence-corrected chi connectivity index (χ4v) is 3.51. The van der Waals surface area contributed by atoms with Gasteiger partial charge in [0.2, 0.25) is 0 Å². The molecule has 1 atom stereocenters. The lowest BCUT2D eigenvalue weighted by Crippen LogP contribution is -2.29. The number of pyridine rings is 1. The van der Waals surface area contributed by atoms with E-state index >= 15 is 0 Å². The molecule has 0 fully saturated rings. The molecule has 0 spiro atoms. The molecule has 0 radical (unpaired) electrons. The van der Waals surface area contributed by atoms with Gasteiger partial charge in [0.1, 0.15) is 0 Å². The number of nitrogens with one attached hydrogen (secondary N) is 1. The van der Waals surface area contributed by atoms with Gasteiger partial charge in [0.15, 0.2) is 0 Å². The van der Waals surface area contributed by atoms with Crippen molar-refractivity contribution in [1.29, 1.82) is 0 Å². The van der Waals surface area contributed by atoms with Crippen molar-refractivity contribution in [3.05, 3.63) is 63.7 Å². The summed E-state index contributed by atoms with van der Waals surface area (Å²) in [5, 5.41) is 1.26. The van der Waals surface area contributed by atoms with Crippen molar-refractivity contribution in [2.24, 2.45) is 5.84 Å². The van der Waals surface area contributed by atoms with Gasteiger partial charge in [-0.15, -0.1) is 11.3 Å². The molecule has 2 heterocycles. The third-order valence-corrected chi connectivity index (χ3v) is 4.89. The highest BCUT2D eigenvalue weighted by Crippen LogP contribution is 2.30. The number of nitrogens with zero attached hydrogens (tertiary/aromatic N) is 1. The fourth-order valence-electron chi connectivity index (χ4n) is 2.15. The highest BCUT2D eigenvalue weighted by molar-refractivity contribution is 9.10. The maximum absolute atomic E-state index is 5.72. The number of rotatable bonds is 4. The number of halogens is 1. The molecule has 3 nitrogen and oxygen atoms in total. The van der Waals surface area contributed by atoms with Crippen LogP contribution in [-0.4, -0.2) is 4.98 Å².